The fraction of sp³-hybridized carbons (Fsp3) is 0.158. The van der Waals surface area contributed by atoms with E-state index in [1.54, 1.807) is 19.1 Å². The van der Waals surface area contributed by atoms with Crippen LogP contribution in [-0.4, -0.2) is 38.2 Å². The number of anilines is 1. The molecule has 1 saturated heterocycles. The summed E-state index contributed by atoms with van der Waals surface area (Å²) in [6.07, 6.45) is 0.00581. The highest BCUT2D eigenvalue weighted by Gasteiger charge is 2.32. The van der Waals surface area contributed by atoms with Gasteiger partial charge in [0.1, 0.15) is 16.7 Å². The first-order valence-electron chi connectivity index (χ1n) is 8.39. The van der Waals surface area contributed by atoms with E-state index >= 15 is 0 Å². The Labute approximate surface area is 165 Å². The molecule has 1 aliphatic rings. The molecule has 0 aromatic heterocycles. The molecule has 0 spiro atoms. The van der Waals surface area contributed by atoms with Crippen LogP contribution in [0.2, 0.25) is 0 Å². The molecule has 2 amide bonds. The fourth-order valence-electron chi connectivity index (χ4n) is 2.49. The molecule has 0 radical (unpaired) electrons. The summed E-state index contributed by atoms with van der Waals surface area (Å²) in [6.45, 7) is 1.64. The van der Waals surface area contributed by atoms with Crippen LogP contribution in [0.1, 0.15) is 18.9 Å². The first kappa shape index (κ1) is 19.4. The number of benzene rings is 2. The maximum atomic E-state index is 12.1. The van der Waals surface area contributed by atoms with Gasteiger partial charge in [-0.2, -0.15) is 5.10 Å². The van der Waals surface area contributed by atoms with Gasteiger partial charge < -0.3 is 20.8 Å². The second-order valence-corrected chi connectivity index (χ2v) is 7.20. The minimum atomic E-state index is -0.597. The fourth-order valence-corrected chi connectivity index (χ4v) is 3.41. The number of amides is 2. The number of nitrogens with zero attached hydrogens (tertiary/aromatic N) is 2. The number of para-hydroxylation sites is 1. The van der Waals surface area contributed by atoms with Crippen LogP contribution in [0.15, 0.2) is 58.7 Å². The minimum Gasteiger partial charge on any atom is -0.508 e. The molecule has 0 unspecified atom stereocenters. The predicted molar refractivity (Wildman–Crippen MR) is 109 cm³/mol. The maximum Gasteiger partial charge on any atom is 0.240 e. The van der Waals surface area contributed by atoms with Crippen molar-refractivity contribution in [3.8, 4) is 11.5 Å². The Balaban J connectivity index is 1.62. The van der Waals surface area contributed by atoms with Crippen molar-refractivity contribution >= 4 is 40.1 Å². The summed E-state index contributed by atoms with van der Waals surface area (Å²) in [4.78, 5) is 24.2. The number of carbonyl (C=O) groups excluding carboxylic acids is 2. The topological polar surface area (TPSA) is 123 Å². The van der Waals surface area contributed by atoms with E-state index in [0.717, 1.165) is 11.8 Å². The normalized spacial score (nSPS) is 18.2. The third-order valence-electron chi connectivity index (χ3n) is 3.87. The van der Waals surface area contributed by atoms with Crippen LogP contribution in [-0.2, 0) is 9.59 Å². The molecule has 9 heteroatoms. The monoisotopic (exact) mass is 398 g/mol. The van der Waals surface area contributed by atoms with Crippen LogP contribution < -0.4 is 10.6 Å². The van der Waals surface area contributed by atoms with Crippen LogP contribution in [0.3, 0.4) is 0 Å². The Bertz CT molecular complexity index is 960. The van der Waals surface area contributed by atoms with Crippen molar-refractivity contribution < 1.29 is 19.8 Å². The van der Waals surface area contributed by atoms with Crippen LogP contribution >= 0.6 is 11.8 Å². The summed E-state index contributed by atoms with van der Waals surface area (Å²) >= 11 is 1.12. The third-order valence-corrected chi connectivity index (χ3v) is 4.94. The minimum absolute atomic E-state index is 0.00581. The van der Waals surface area contributed by atoms with Gasteiger partial charge in [0.2, 0.25) is 11.8 Å². The summed E-state index contributed by atoms with van der Waals surface area (Å²) in [5, 5.41) is 32.2. The summed E-state index contributed by atoms with van der Waals surface area (Å²) in [5.41, 5.74) is 1.49. The molecule has 1 fully saturated rings. The molecule has 0 aliphatic carbocycles. The number of rotatable bonds is 5. The molecule has 2 aromatic rings. The van der Waals surface area contributed by atoms with Crippen LogP contribution in [0.4, 0.5) is 5.69 Å². The summed E-state index contributed by atoms with van der Waals surface area (Å²) in [5.74, 6) is -0.767. The first-order chi connectivity index (χ1) is 13.4. The molecule has 8 nitrogen and oxygen atoms in total. The van der Waals surface area contributed by atoms with Crippen molar-refractivity contribution in [3.63, 3.8) is 0 Å². The van der Waals surface area contributed by atoms with Gasteiger partial charge in [-0.15, -0.1) is 5.10 Å². The lowest BCUT2D eigenvalue weighted by Gasteiger charge is -2.06. The van der Waals surface area contributed by atoms with E-state index in [4.69, 9.17) is 0 Å². The third kappa shape index (κ3) is 4.89. The molecule has 1 atom stereocenters. The number of thioether (sulfide) groups is 1. The molecule has 0 bridgehead atoms. The molecule has 0 saturated carbocycles. The highest BCUT2D eigenvalue weighted by atomic mass is 32.2. The first-order valence-corrected chi connectivity index (χ1v) is 9.27. The van der Waals surface area contributed by atoms with Crippen molar-refractivity contribution in [2.75, 3.05) is 5.32 Å². The molecule has 3 rings (SSSR count). The van der Waals surface area contributed by atoms with E-state index in [2.05, 4.69) is 20.8 Å². The van der Waals surface area contributed by atoms with Gasteiger partial charge in [-0.1, -0.05) is 30.0 Å². The number of amidine groups is 1. The van der Waals surface area contributed by atoms with Gasteiger partial charge in [0, 0.05) is 23.7 Å². The van der Waals surface area contributed by atoms with E-state index in [1.165, 1.54) is 18.2 Å². The molecule has 1 aliphatic heterocycles. The van der Waals surface area contributed by atoms with Crippen molar-refractivity contribution in [2.45, 2.75) is 18.6 Å². The average molecular weight is 398 g/mol. The van der Waals surface area contributed by atoms with Gasteiger partial charge in [-0.25, -0.2) is 0 Å². The lowest BCUT2D eigenvalue weighted by atomic mass is 10.1. The van der Waals surface area contributed by atoms with E-state index in [1.807, 2.05) is 18.2 Å². The zero-order valence-electron chi connectivity index (χ0n) is 14.9. The predicted octanol–water partition coefficient (Wildman–Crippen LogP) is 2.44. The van der Waals surface area contributed by atoms with Gasteiger partial charge in [0.15, 0.2) is 5.17 Å². The van der Waals surface area contributed by atoms with Crippen molar-refractivity contribution in [2.24, 2.45) is 10.2 Å². The second-order valence-electron chi connectivity index (χ2n) is 6.01. The number of phenolic OH excluding ortho intramolecular Hbond substituents is 2. The summed E-state index contributed by atoms with van der Waals surface area (Å²) < 4.78 is 0. The van der Waals surface area contributed by atoms with E-state index < -0.39 is 5.25 Å². The largest absolute Gasteiger partial charge is 0.508 e. The molecular formula is C19H18N4O4S. The highest BCUT2D eigenvalue weighted by Crippen LogP contribution is 2.25. The number of carbonyl (C=O) groups is 2. The Morgan fingerprint density at radius 3 is 2.68 bits per heavy atom. The van der Waals surface area contributed by atoms with Gasteiger partial charge in [-0.05, 0) is 31.2 Å². The maximum absolute atomic E-state index is 12.1. The quantitative estimate of drug-likeness (QED) is 0.455. The lowest BCUT2D eigenvalue weighted by Crippen LogP contribution is -2.28. The summed E-state index contributed by atoms with van der Waals surface area (Å²) in [7, 11) is 0. The molecule has 28 heavy (non-hydrogen) atoms. The number of aromatic hydroxyl groups is 2. The Kier molecular flexibility index (Phi) is 5.95. The van der Waals surface area contributed by atoms with Gasteiger partial charge >= 0.3 is 0 Å². The zero-order valence-corrected chi connectivity index (χ0v) is 15.7. The SMILES string of the molecule is C/C(=N/N=C1\NC(=O)[C@@H](CC(=O)Nc2ccccc2)S1)c1ccc(O)cc1O. The summed E-state index contributed by atoms with van der Waals surface area (Å²) in [6, 6.07) is 13.1. The van der Waals surface area contributed by atoms with E-state index in [9.17, 15) is 19.8 Å². The van der Waals surface area contributed by atoms with Crippen molar-refractivity contribution in [1.29, 1.82) is 0 Å². The van der Waals surface area contributed by atoms with E-state index in [-0.39, 0.29) is 34.9 Å². The Morgan fingerprint density at radius 2 is 1.96 bits per heavy atom. The molecule has 1 heterocycles. The number of phenols is 2. The Morgan fingerprint density at radius 1 is 1.21 bits per heavy atom. The molecule has 144 valence electrons. The van der Waals surface area contributed by atoms with E-state index in [0.29, 0.717) is 17.0 Å². The standard InChI is InChI=1S/C19H18N4O4S/c1-11(14-8-7-13(24)9-15(14)25)22-23-19-21-18(27)16(28-19)10-17(26)20-12-5-3-2-4-6-12/h2-9,16,24-25H,10H2,1H3,(H,20,26)(H,21,23,27)/b22-11-/t16-/m1/s1. The van der Waals surface area contributed by atoms with Gasteiger partial charge in [0.25, 0.3) is 0 Å². The lowest BCUT2D eigenvalue weighted by molar-refractivity contribution is -0.122. The zero-order chi connectivity index (χ0) is 20.1. The van der Waals surface area contributed by atoms with Gasteiger partial charge in [-0.3, -0.25) is 9.59 Å². The molecular weight excluding hydrogens is 380 g/mol. The average Bonchev–Trinajstić information content (AvgIpc) is 3.00. The smallest absolute Gasteiger partial charge is 0.240 e. The van der Waals surface area contributed by atoms with Crippen molar-refractivity contribution in [3.05, 3.63) is 54.1 Å². The van der Waals surface area contributed by atoms with Gasteiger partial charge in [0.05, 0.1) is 5.71 Å². The van der Waals surface area contributed by atoms with Crippen LogP contribution in [0.25, 0.3) is 0 Å². The highest BCUT2D eigenvalue weighted by molar-refractivity contribution is 8.15. The second kappa shape index (κ2) is 8.57. The Hall–Kier alpha value is -3.33. The van der Waals surface area contributed by atoms with Crippen LogP contribution in [0.5, 0.6) is 11.5 Å². The van der Waals surface area contributed by atoms with Crippen molar-refractivity contribution in [1.82, 2.24) is 5.32 Å². The number of nitrogens with one attached hydrogen (secondary N) is 2. The van der Waals surface area contributed by atoms with Crippen LogP contribution in [0, 0.1) is 0 Å². The number of hydrogen-bond acceptors (Lipinski definition) is 7. The molecule has 4 N–H and O–H groups in total. The number of hydrogen-bond donors (Lipinski definition) is 4. The molecule has 2 aromatic carbocycles.